The van der Waals surface area contributed by atoms with E-state index in [9.17, 15) is 40.0 Å². The molecule has 49 heavy (non-hydrogen) atoms. The molecule has 0 radical (unpaired) electrons. The Balaban J connectivity index is 1.47. The number of rotatable bonds is 8. The summed E-state index contributed by atoms with van der Waals surface area (Å²) in [5.74, 6) is 0. The van der Waals surface area contributed by atoms with Gasteiger partial charge in [-0.1, -0.05) is 24.3 Å². The Morgan fingerprint density at radius 2 is 0.776 bits per heavy atom. The van der Waals surface area contributed by atoms with Gasteiger partial charge in [-0.05, 0) is 31.2 Å². The molecular weight excluding hydrogens is 636 g/mol. The summed E-state index contributed by atoms with van der Waals surface area (Å²) >= 11 is 0. The lowest BCUT2D eigenvalue weighted by Gasteiger charge is -2.36. The van der Waals surface area contributed by atoms with Gasteiger partial charge in [0, 0.05) is 96.3 Å². The molecule has 4 aromatic rings. The van der Waals surface area contributed by atoms with Crippen molar-refractivity contribution < 1.29 is 20.8 Å². The van der Waals surface area contributed by atoms with Crippen LogP contribution in [0.5, 0.6) is 0 Å². The predicted molar refractivity (Wildman–Crippen MR) is 177 cm³/mol. The predicted octanol–water partition coefficient (Wildman–Crippen LogP) is 0.166. The molecular formula is C33H42N8O8. The van der Waals surface area contributed by atoms with Gasteiger partial charge in [0.05, 0.1) is 28.8 Å². The fraction of sp³-hybridized carbons (Fsp3) is 0.394. The van der Waals surface area contributed by atoms with Gasteiger partial charge in [-0.2, -0.15) is 18.9 Å². The number of nitrogens with zero attached hydrogens (tertiary/aromatic N) is 8. The fourth-order valence-electron chi connectivity index (χ4n) is 6.03. The van der Waals surface area contributed by atoms with Gasteiger partial charge in [-0.25, -0.2) is 0 Å². The summed E-state index contributed by atoms with van der Waals surface area (Å²) in [5, 5.41) is 42.0. The summed E-state index contributed by atoms with van der Waals surface area (Å²) in [6, 6.07) is 17.7. The Kier molecular flexibility index (Phi) is 11.4. The first kappa shape index (κ1) is 35.2. The van der Waals surface area contributed by atoms with Crippen LogP contribution in [0.2, 0.25) is 0 Å². The van der Waals surface area contributed by atoms with Gasteiger partial charge in [0.25, 0.3) is 22.2 Å². The molecule has 1 fully saturated rings. The van der Waals surface area contributed by atoms with Crippen LogP contribution in [0.4, 0.5) is 0 Å². The van der Waals surface area contributed by atoms with Gasteiger partial charge < -0.3 is 20.8 Å². The van der Waals surface area contributed by atoms with Gasteiger partial charge in [-0.15, -0.1) is 0 Å². The zero-order chi connectivity index (χ0) is 35.1. The quantitative estimate of drug-likeness (QED) is 0.186. The first-order valence-corrected chi connectivity index (χ1v) is 16.0. The van der Waals surface area contributed by atoms with E-state index in [4.69, 9.17) is 0 Å². The van der Waals surface area contributed by atoms with Crippen molar-refractivity contribution in [2.45, 2.75) is 32.6 Å². The molecule has 0 amide bonds. The van der Waals surface area contributed by atoms with Crippen LogP contribution in [0.3, 0.4) is 0 Å². The van der Waals surface area contributed by atoms with E-state index in [0.29, 0.717) is 94.1 Å². The van der Waals surface area contributed by atoms with Crippen LogP contribution in [0.15, 0.2) is 92.0 Å². The van der Waals surface area contributed by atoms with Crippen molar-refractivity contribution in [3.8, 4) is 0 Å². The number of aromatic nitrogens is 4. The molecule has 5 heterocycles. The molecule has 1 unspecified atom stereocenters. The summed E-state index contributed by atoms with van der Waals surface area (Å²) < 4.78 is 2.51. The van der Waals surface area contributed by atoms with Crippen LogP contribution in [0, 0.1) is 0 Å². The van der Waals surface area contributed by atoms with Crippen LogP contribution in [-0.2, 0) is 19.6 Å². The summed E-state index contributed by atoms with van der Waals surface area (Å²) in [7, 11) is 0. The fourth-order valence-corrected chi connectivity index (χ4v) is 6.03. The lowest BCUT2D eigenvalue weighted by atomic mass is 10.1. The Morgan fingerprint density at radius 3 is 1.14 bits per heavy atom. The van der Waals surface area contributed by atoms with Crippen molar-refractivity contribution in [1.29, 1.82) is 0 Å². The van der Waals surface area contributed by atoms with Crippen LogP contribution in [0.25, 0.3) is 0 Å². The molecule has 1 aliphatic heterocycles. The molecule has 0 aromatic carbocycles. The van der Waals surface area contributed by atoms with Crippen molar-refractivity contribution >= 4 is 0 Å². The van der Waals surface area contributed by atoms with Crippen molar-refractivity contribution in [3.05, 3.63) is 137 Å². The molecule has 0 saturated carbocycles. The highest BCUT2D eigenvalue weighted by atomic mass is 16.5. The zero-order valence-electron chi connectivity index (χ0n) is 27.3. The first-order chi connectivity index (χ1) is 23.5. The van der Waals surface area contributed by atoms with E-state index in [1.165, 1.54) is 24.3 Å². The molecule has 0 spiro atoms. The maximum atomic E-state index is 12.3. The smallest absolute Gasteiger partial charge is 0.283 e. The molecule has 1 saturated heterocycles. The maximum Gasteiger partial charge on any atom is 0.283 e. The Hall–Kier alpha value is -5.16. The topological polar surface area (TPSA) is 182 Å². The molecule has 262 valence electrons. The minimum Gasteiger partial charge on any atom is -0.425 e. The van der Waals surface area contributed by atoms with E-state index in [2.05, 4.69) is 19.6 Å². The van der Waals surface area contributed by atoms with E-state index < -0.39 is 28.3 Å². The van der Waals surface area contributed by atoms with E-state index in [1.54, 1.807) is 48.5 Å². The molecule has 1 atom stereocenters. The standard InChI is InChI=1S/C33H42N8O8/c1-25(29-9-5-13-33(45)41(29)49)37-20-18-35(23-27-7-3-11-31(43)39(27)47)16-14-34(22-26-6-2-10-30(42)38(26)46)15-17-36(19-21-37)24-28-8-4-12-32(44)40(28)48/h2-13,25,46-49H,14-24H2,1H3. The second kappa shape index (κ2) is 15.8. The molecule has 5 rings (SSSR count). The minimum atomic E-state index is -0.552. The Morgan fingerprint density at radius 1 is 0.469 bits per heavy atom. The minimum absolute atomic E-state index is 0.239. The summed E-state index contributed by atoms with van der Waals surface area (Å²) in [6.07, 6.45) is 0. The summed E-state index contributed by atoms with van der Waals surface area (Å²) in [4.78, 5) is 57.2. The average molecular weight is 679 g/mol. The first-order valence-electron chi connectivity index (χ1n) is 16.0. The van der Waals surface area contributed by atoms with Gasteiger partial charge in [0.15, 0.2) is 0 Å². The lowest BCUT2D eigenvalue weighted by molar-refractivity contribution is 0.0817. The maximum absolute atomic E-state index is 12.3. The molecule has 16 nitrogen and oxygen atoms in total. The van der Waals surface area contributed by atoms with Crippen molar-refractivity contribution in [3.63, 3.8) is 0 Å². The molecule has 16 heteroatoms. The summed E-state index contributed by atoms with van der Waals surface area (Å²) in [6.45, 7) is 6.36. The van der Waals surface area contributed by atoms with E-state index in [1.807, 2.05) is 6.92 Å². The highest BCUT2D eigenvalue weighted by molar-refractivity contribution is 5.11. The van der Waals surface area contributed by atoms with Gasteiger partial charge in [0.1, 0.15) is 0 Å². The third kappa shape index (κ3) is 8.66. The van der Waals surface area contributed by atoms with Crippen LogP contribution in [-0.4, -0.2) is 112 Å². The molecule has 4 aromatic heterocycles. The van der Waals surface area contributed by atoms with Gasteiger partial charge in [0.2, 0.25) is 0 Å². The zero-order valence-corrected chi connectivity index (χ0v) is 27.3. The number of hydrogen-bond donors (Lipinski definition) is 4. The monoisotopic (exact) mass is 678 g/mol. The van der Waals surface area contributed by atoms with Crippen LogP contribution >= 0.6 is 0 Å². The third-order valence-electron chi connectivity index (χ3n) is 8.99. The Labute approximate surface area is 281 Å². The van der Waals surface area contributed by atoms with Gasteiger partial charge >= 0.3 is 0 Å². The lowest BCUT2D eigenvalue weighted by Crippen LogP contribution is -2.47. The highest BCUT2D eigenvalue weighted by Crippen LogP contribution is 2.19. The Bertz CT molecular complexity index is 1890. The van der Waals surface area contributed by atoms with Crippen LogP contribution < -0.4 is 22.2 Å². The van der Waals surface area contributed by atoms with Crippen LogP contribution in [0.1, 0.15) is 35.7 Å². The largest absolute Gasteiger partial charge is 0.425 e. The SMILES string of the molecule is CC(c1cccc(=O)n1O)N1CCN(Cc2cccc(=O)n2O)CCN(Cc2cccc(=O)n2O)CCN(Cc2cccc(=O)n2O)CC1. The summed E-state index contributed by atoms with van der Waals surface area (Å²) in [5.41, 5.74) is -0.606. The second-order valence-electron chi connectivity index (χ2n) is 12.1. The average Bonchev–Trinajstić information content (AvgIpc) is 3.08. The number of pyridine rings is 4. The van der Waals surface area contributed by atoms with Crippen molar-refractivity contribution in [2.24, 2.45) is 0 Å². The van der Waals surface area contributed by atoms with E-state index in [0.717, 1.165) is 0 Å². The third-order valence-corrected chi connectivity index (χ3v) is 8.99. The van der Waals surface area contributed by atoms with Gasteiger partial charge in [-0.3, -0.25) is 38.8 Å². The molecule has 1 aliphatic rings. The molecule has 4 N–H and O–H groups in total. The normalized spacial score (nSPS) is 16.9. The van der Waals surface area contributed by atoms with Crippen molar-refractivity contribution in [1.82, 2.24) is 38.5 Å². The highest BCUT2D eigenvalue weighted by Gasteiger charge is 2.24. The van der Waals surface area contributed by atoms with E-state index >= 15 is 0 Å². The van der Waals surface area contributed by atoms with E-state index in [-0.39, 0.29) is 19.6 Å². The second-order valence-corrected chi connectivity index (χ2v) is 12.1. The molecule has 0 bridgehead atoms. The number of hydrogen-bond acceptors (Lipinski definition) is 12. The van der Waals surface area contributed by atoms with Crippen molar-refractivity contribution in [2.75, 3.05) is 52.4 Å². The molecule has 0 aliphatic carbocycles.